The molecule has 0 bridgehead atoms. The van der Waals surface area contributed by atoms with Gasteiger partial charge in [-0.05, 0) is 13.8 Å². The Labute approximate surface area is 102 Å². The molecule has 0 fully saturated rings. The van der Waals surface area contributed by atoms with Crippen molar-refractivity contribution in [3.63, 3.8) is 0 Å². The zero-order chi connectivity index (χ0) is 13.7. The molecule has 0 unspecified atom stereocenters. The Bertz CT molecular complexity index is 352. The van der Waals surface area contributed by atoms with Crippen LogP contribution in [0, 0.1) is 0 Å². The highest BCUT2D eigenvalue weighted by molar-refractivity contribution is 7.87. The Morgan fingerprint density at radius 2 is 2.00 bits per heavy atom. The Morgan fingerprint density at radius 3 is 2.41 bits per heavy atom. The Morgan fingerprint density at radius 1 is 1.47 bits per heavy atom. The third kappa shape index (κ3) is 6.57. The van der Waals surface area contributed by atoms with E-state index in [-0.39, 0.29) is 19.6 Å². The fourth-order valence-corrected chi connectivity index (χ4v) is 2.44. The van der Waals surface area contributed by atoms with Crippen molar-refractivity contribution in [1.82, 2.24) is 9.03 Å². The van der Waals surface area contributed by atoms with Gasteiger partial charge in [-0.2, -0.15) is 17.4 Å². The number of ether oxygens (including phenoxy) is 1. The Hall–Kier alpha value is -0.700. The van der Waals surface area contributed by atoms with Gasteiger partial charge < -0.3 is 9.84 Å². The van der Waals surface area contributed by atoms with Gasteiger partial charge in [-0.1, -0.05) is 0 Å². The van der Waals surface area contributed by atoms with Crippen molar-refractivity contribution < 1.29 is 23.1 Å². The van der Waals surface area contributed by atoms with Crippen molar-refractivity contribution in [3.8, 4) is 0 Å². The number of carbonyl (C=O) groups is 1. The average molecular weight is 268 g/mol. The molecule has 8 heteroatoms. The summed E-state index contributed by atoms with van der Waals surface area (Å²) < 4.78 is 31.9. The smallest absolute Gasteiger partial charge is 0.304 e. The van der Waals surface area contributed by atoms with Crippen LogP contribution in [0.15, 0.2) is 0 Å². The summed E-state index contributed by atoms with van der Waals surface area (Å²) in [5, 5.41) is 8.48. The molecule has 102 valence electrons. The molecule has 0 aromatic rings. The zero-order valence-corrected chi connectivity index (χ0v) is 11.4. The fourth-order valence-electron chi connectivity index (χ4n) is 1.19. The van der Waals surface area contributed by atoms with Gasteiger partial charge in [0.25, 0.3) is 10.2 Å². The van der Waals surface area contributed by atoms with Gasteiger partial charge >= 0.3 is 5.97 Å². The first-order chi connectivity index (χ1) is 7.60. The molecule has 0 amide bonds. The third-order valence-electron chi connectivity index (χ3n) is 1.96. The number of nitrogens with one attached hydrogen (secondary N) is 1. The number of hydrogen-bond acceptors (Lipinski definition) is 4. The summed E-state index contributed by atoms with van der Waals surface area (Å²) in [4.78, 5) is 10.4. The number of carboxylic acid groups (broad SMARTS) is 1. The van der Waals surface area contributed by atoms with Gasteiger partial charge in [0, 0.05) is 20.7 Å². The number of methoxy groups -OCH3 is 1. The quantitative estimate of drug-likeness (QED) is 0.627. The molecular weight excluding hydrogens is 248 g/mol. The van der Waals surface area contributed by atoms with Gasteiger partial charge in [0.1, 0.15) is 0 Å². The summed E-state index contributed by atoms with van der Waals surface area (Å²) in [7, 11) is -0.892. The lowest BCUT2D eigenvalue weighted by Gasteiger charge is -2.27. The first-order valence-corrected chi connectivity index (χ1v) is 6.51. The lowest BCUT2D eigenvalue weighted by Crippen LogP contribution is -2.51. The van der Waals surface area contributed by atoms with E-state index >= 15 is 0 Å². The van der Waals surface area contributed by atoms with Gasteiger partial charge in [-0.25, -0.2) is 0 Å². The van der Waals surface area contributed by atoms with Crippen molar-refractivity contribution >= 4 is 16.2 Å². The monoisotopic (exact) mass is 268 g/mol. The van der Waals surface area contributed by atoms with Crippen LogP contribution in [-0.4, -0.2) is 56.6 Å². The lowest BCUT2D eigenvalue weighted by molar-refractivity contribution is -0.137. The van der Waals surface area contributed by atoms with E-state index in [0.29, 0.717) is 0 Å². The molecule has 7 nitrogen and oxygen atoms in total. The van der Waals surface area contributed by atoms with Crippen LogP contribution in [0.2, 0.25) is 0 Å². The standard InChI is InChI=1S/C9H20N2O5S/c1-9(2,7-16-4)10-17(14,15)11(3)6-5-8(12)13/h10H,5-7H2,1-4H3,(H,12,13). The van der Waals surface area contributed by atoms with Crippen LogP contribution >= 0.6 is 0 Å². The average Bonchev–Trinajstić information content (AvgIpc) is 2.11. The topological polar surface area (TPSA) is 95.9 Å². The van der Waals surface area contributed by atoms with E-state index in [4.69, 9.17) is 9.84 Å². The summed E-state index contributed by atoms with van der Waals surface area (Å²) in [6.45, 7) is 3.50. The summed E-state index contributed by atoms with van der Waals surface area (Å²) >= 11 is 0. The Kier molecular flexibility index (Phi) is 6.03. The minimum Gasteiger partial charge on any atom is -0.481 e. The highest BCUT2D eigenvalue weighted by Crippen LogP contribution is 2.07. The van der Waals surface area contributed by atoms with Crippen LogP contribution in [-0.2, 0) is 19.7 Å². The van der Waals surface area contributed by atoms with E-state index < -0.39 is 21.7 Å². The van der Waals surface area contributed by atoms with Crippen molar-refractivity contribution in [2.45, 2.75) is 25.8 Å². The lowest BCUT2D eigenvalue weighted by atomic mass is 10.1. The van der Waals surface area contributed by atoms with E-state index in [2.05, 4.69) is 4.72 Å². The number of hydrogen-bond donors (Lipinski definition) is 2. The minimum absolute atomic E-state index is 0.0757. The van der Waals surface area contributed by atoms with E-state index in [9.17, 15) is 13.2 Å². The normalized spacial score (nSPS) is 13.0. The number of nitrogens with zero attached hydrogens (tertiary/aromatic N) is 1. The molecule has 17 heavy (non-hydrogen) atoms. The molecule has 0 rings (SSSR count). The summed E-state index contributed by atoms with van der Waals surface area (Å²) in [5.74, 6) is -1.04. The predicted molar refractivity (Wildman–Crippen MR) is 62.9 cm³/mol. The largest absolute Gasteiger partial charge is 0.481 e. The van der Waals surface area contributed by atoms with E-state index in [1.54, 1.807) is 13.8 Å². The molecule has 0 aliphatic carbocycles. The molecule has 0 aromatic carbocycles. The fraction of sp³-hybridized carbons (Fsp3) is 0.889. The minimum atomic E-state index is -3.70. The second-order valence-electron chi connectivity index (χ2n) is 4.39. The van der Waals surface area contributed by atoms with Crippen molar-refractivity contribution in [2.24, 2.45) is 0 Å². The first kappa shape index (κ1) is 16.3. The molecule has 0 aliphatic rings. The number of rotatable bonds is 8. The second-order valence-corrected chi connectivity index (χ2v) is 6.17. The predicted octanol–water partition coefficient (Wildman–Crippen LogP) is -0.348. The summed E-state index contributed by atoms with van der Waals surface area (Å²) in [5.41, 5.74) is -0.745. The van der Waals surface area contributed by atoms with Crippen LogP contribution < -0.4 is 4.72 Å². The van der Waals surface area contributed by atoms with Crippen molar-refractivity contribution in [2.75, 3.05) is 27.3 Å². The van der Waals surface area contributed by atoms with Crippen LogP contribution in [0.4, 0.5) is 0 Å². The maximum absolute atomic E-state index is 11.8. The molecule has 0 saturated heterocycles. The SMILES string of the molecule is COCC(C)(C)NS(=O)(=O)N(C)CCC(=O)O. The molecule has 0 radical (unpaired) electrons. The molecule has 0 saturated carbocycles. The van der Waals surface area contributed by atoms with Crippen LogP contribution in [0.25, 0.3) is 0 Å². The van der Waals surface area contributed by atoms with Gasteiger partial charge in [0.2, 0.25) is 0 Å². The van der Waals surface area contributed by atoms with Crippen LogP contribution in [0.1, 0.15) is 20.3 Å². The molecule has 0 aromatic heterocycles. The molecule has 2 N–H and O–H groups in total. The van der Waals surface area contributed by atoms with E-state index in [1.165, 1.54) is 14.2 Å². The molecule has 0 spiro atoms. The second kappa shape index (κ2) is 6.29. The zero-order valence-electron chi connectivity index (χ0n) is 10.6. The first-order valence-electron chi connectivity index (χ1n) is 5.07. The van der Waals surface area contributed by atoms with Crippen molar-refractivity contribution in [3.05, 3.63) is 0 Å². The van der Waals surface area contributed by atoms with E-state index in [1.807, 2.05) is 0 Å². The molecular formula is C9H20N2O5S. The van der Waals surface area contributed by atoms with Gasteiger partial charge in [-0.3, -0.25) is 4.79 Å². The van der Waals surface area contributed by atoms with Crippen LogP contribution in [0.3, 0.4) is 0 Å². The summed E-state index contributed by atoms with van der Waals surface area (Å²) in [6.07, 6.45) is -0.234. The Balaban J connectivity index is 4.51. The maximum atomic E-state index is 11.8. The summed E-state index contributed by atoms with van der Waals surface area (Å²) in [6, 6.07) is 0. The number of aliphatic carboxylic acids is 1. The molecule has 0 heterocycles. The van der Waals surface area contributed by atoms with Crippen LogP contribution in [0.5, 0.6) is 0 Å². The maximum Gasteiger partial charge on any atom is 0.304 e. The van der Waals surface area contributed by atoms with Crippen molar-refractivity contribution in [1.29, 1.82) is 0 Å². The van der Waals surface area contributed by atoms with Gasteiger partial charge in [0.15, 0.2) is 0 Å². The third-order valence-corrected chi connectivity index (χ3v) is 3.78. The number of carboxylic acids is 1. The van der Waals surface area contributed by atoms with E-state index in [0.717, 1.165) is 4.31 Å². The molecule has 0 atom stereocenters. The molecule has 0 aliphatic heterocycles. The van der Waals surface area contributed by atoms with Gasteiger partial charge in [0.05, 0.1) is 18.6 Å². The highest BCUT2D eigenvalue weighted by atomic mass is 32.2. The van der Waals surface area contributed by atoms with Gasteiger partial charge in [-0.15, -0.1) is 0 Å². The highest BCUT2D eigenvalue weighted by Gasteiger charge is 2.27.